The summed E-state index contributed by atoms with van der Waals surface area (Å²) < 4.78 is 0. The minimum atomic E-state index is 0. The van der Waals surface area contributed by atoms with Gasteiger partial charge in [-0.15, -0.1) is 0 Å². The molecule has 13 heavy (non-hydrogen) atoms. The lowest BCUT2D eigenvalue weighted by atomic mass is 10.1. The molecule has 1 heterocycles. The van der Waals surface area contributed by atoms with Crippen molar-refractivity contribution < 1.29 is 29.0 Å². The number of fused-ring (bicyclic) bond motifs is 1. The van der Waals surface area contributed by atoms with Crippen LogP contribution in [-0.4, -0.2) is 0 Å². The van der Waals surface area contributed by atoms with Crippen molar-refractivity contribution in [3.63, 3.8) is 0 Å². The molecule has 0 atom stereocenters. The molecule has 0 amide bonds. The molecule has 0 unspecified atom stereocenters. The van der Waals surface area contributed by atoms with E-state index in [1.807, 2.05) is 6.20 Å². The average Bonchev–Trinajstić information content (AvgIpc) is 2.17. The first-order valence-electron chi connectivity index (χ1n) is 4.30. The summed E-state index contributed by atoms with van der Waals surface area (Å²) in [4.78, 5) is 3.23. The van der Waals surface area contributed by atoms with Gasteiger partial charge in [-0.1, -0.05) is 19.1 Å². The molecule has 0 radical (unpaired) electrons. The number of aromatic amines is 1. The Bertz CT molecular complexity index is 393. The first-order chi connectivity index (χ1) is 5.92. The number of halogens is 1. The Labute approximate surface area is 95.2 Å². The van der Waals surface area contributed by atoms with Crippen molar-refractivity contribution in [3.05, 3.63) is 42.1 Å². The molecule has 2 aromatic rings. The van der Waals surface area contributed by atoms with Crippen molar-refractivity contribution in [2.24, 2.45) is 0 Å². The van der Waals surface area contributed by atoms with E-state index in [-0.39, 0.29) is 24.0 Å². The van der Waals surface area contributed by atoms with Gasteiger partial charge in [0.05, 0.1) is 0 Å². The van der Waals surface area contributed by atoms with Crippen molar-refractivity contribution in [3.8, 4) is 0 Å². The van der Waals surface area contributed by atoms with Crippen LogP contribution in [-0.2, 0) is 6.42 Å². The van der Waals surface area contributed by atoms with E-state index >= 15 is 0 Å². The van der Waals surface area contributed by atoms with E-state index in [0.29, 0.717) is 0 Å². The molecule has 1 nitrogen and oxygen atoms in total. The van der Waals surface area contributed by atoms with Crippen LogP contribution < -0.4 is 29.0 Å². The van der Waals surface area contributed by atoms with Crippen LogP contribution in [0.25, 0.3) is 10.9 Å². The highest BCUT2D eigenvalue weighted by Gasteiger charge is 2.01. The van der Waals surface area contributed by atoms with E-state index < -0.39 is 0 Å². The van der Waals surface area contributed by atoms with Crippen LogP contribution in [0.4, 0.5) is 0 Å². The van der Waals surface area contributed by atoms with E-state index in [2.05, 4.69) is 42.2 Å². The molecule has 0 saturated heterocycles. The summed E-state index contributed by atoms with van der Waals surface area (Å²) in [5.74, 6) is 0. The number of hydrogen-bond donors (Lipinski definition) is 0. The SMILES string of the molecule is CCc1cc[nH+]c2ccccc12.[I-]. The molecule has 0 aliphatic heterocycles. The lowest BCUT2D eigenvalue weighted by Gasteiger charge is -1.97. The molecule has 0 fully saturated rings. The summed E-state index contributed by atoms with van der Waals surface area (Å²) in [7, 11) is 0. The maximum atomic E-state index is 3.23. The molecule has 0 aliphatic carbocycles. The van der Waals surface area contributed by atoms with E-state index in [0.717, 1.165) is 6.42 Å². The highest BCUT2D eigenvalue weighted by Crippen LogP contribution is 2.13. The Morgan fingerprint density at radius 2 is 1.92 bits per heavy atom. The molecule has 2 rings (SSSR count). The Morgan fingerprint density at radius 3 is 2.69 bits per heavy atom. The zero-order valence-electron chi connectivity index (χ0n) is 7.55. The van der Waals surface area contributed by atoms with Crippen molar-refractivity contribution in [1.82, 2.24) is 0 Å². The zero-order chi connectivity index (χ0) is 8.39. The van der Waals surface area contributed by atoms with Crippen LogP contribution in [0.1, 0.15) is 12.5 Å². The topological polar surface area (TPSA) is 14.1 Å². The van der Waals surface area contributed by atoms with Crippen LogP contribution >= 0.6 is 0 Å². The highest BCUT2D eigenvalue weighted by molar-refractivity contribution is 5.78. The molecule has 0 bridgehead atoms. The maximum absolute atomic E-state index is 3.23. The third-order valence-electron chi connectivity index (χ3n) is 2.18. The molecular weight excluding hydrogens is 273 g/mol. The second kappa shape index (κ2) is 4.56. The Balaban J connectivity index is 0.000000845. The van der Waals surface area contributed by atoms with Gasteiger partial charge in [0.15, 0.2) is 6.20 Å². The van der Waals surface area contributed by atoms with Gasteiger partial charge in [0, 0.05) is 17.5 Å². The fourth-order valence-corrected chi connectivity index (χ4v) is 1.52. The number of aromatic nitrogens is 1. The van der Waals surface area contributed by atoms with Crippen molar-refractivity contribution in [2.75, 3.05) is 0 Å². The first kappa shape index (κ1) is 10.4. The second-order valence-electron chi connectivity index (χ2n) is 2.90. The minimum Gasteiger partial charge on any atom is -1.00 e. The second-order valence-corrected chi connectivity index (χ2v) is 2.90. The third-order valence-corrected chi connectivity index (χ3v) is 2.18. The summed E-state index contributed by atoms with van der Waals surface area (Å²) in [6.45, 7) is 2.18. The van der Waals surface area contributed by atoms with Gasteiger partial charge in [-0.25, -0.2) is 4.98 Å². The Hall–Kier alpha value is -0.640. The largest absolute Gasteiger partial charge is 1.00 e. The van der Waals surface area contributed by atoms with Gasteiger partial charge in [-0.05, 0) is 18.1 Å². The fraction of sp³-hybridized carbons (Fsp3) is 0.182. The van der Waals surface area contributed by atoms with Gasteiger partial charge in [0.2, 0.25) is 5.52 Å². The predicted octanol–water partition coefficient (Wildman–Crippen LogP) is -0.780. The minimum absolute atomic E-state index is 0. The summed E-state index contributed by atoms with van der Waals surface area (Å²) in [5.41, 5.74) is 2.63. The highest BCUT2D eigenvalue weighted by atomic mass is 127. The van der Waals surface area contributed by atoms with Crippen molar-refractivity contribution in [2.45, 2.75) is 13.3 Å². The van der Waals surface area contributed by atoms with Crippen LogP contribution in [0, 0.1) is 0 Å². The summed E-state index contributed by atoms with van der Waals surface area (Å²) in [6, 6.07) is 10.5. The van der Waals surface area contributed by atoms with Crippen molar-refractivity contribution in [1.29, 1.82) is 0 Å². The van der Waals surface area contributed by atoms with Gasteiger partial charge < -0.3 is 24.0 Å². The van der Waals surface area contributed by atoms with Gasteiger partial charge in [-0.3, -0.25) is 0 Å². The normalized spacial score (nSPS) is 9.62. The standard InChI is InChI=1S/C11H11N.HI/c1-2-9-7-8-12-11-6-4-3-5-10(9)11;/h3-8H,2H2,1H3;1H. The van der Waals surface area contributed by atoms with E-state index in [4.69, 9.17) is 0 Å². The fourth-order valence-electron chi connectivity index (χ4n) is 1.52. The smallest absolute Gasteiger partial charge is 0.211 e. The Kier molecular flexibility index (Phi) is 3.66. The lowest BCUT2D eigenvalue weighted by Crippen LogP contribution is -3.00. The summed E-state index contributed by atoms with van der Waals surface area (Å²) in [6.07, 6.45) is 3.09. The molecule has 1 aromatic heterocycles. The number of H-pyrrole nitrogens is 1. The molecule has 1 N–H and O–H groups in total. The molecule has 0 spiro atoms. The lowest BCUT2D eigenvalue weighted by molar-refractivity contribution is -0.344. The third kappa shape index (κ3) is 1.99. The molecule has 2 heteroatoms. The van der Waals surface area contributed by atoms with Crippen LogP contribution in [0.2, 0.25) is 0 Å². The van der Waals surface area contributed by atoms with Crippen LogP contribution in [0.5, 0.6) is 0 Å². The molecular formula is C11H12IN. The predicted molar refractivity (Wildman–Crippen MR) is 49.9 cm³/mol. The molecule has 1 aromatic carbocycles. The van der Waals surface area contributed by atoms with E-state index in [9.17, 15) is 0 Å². The Morgan fingerprint density at radius 1 is 1.15 bits per heavy atom. The van der Waals surface area contributed by atoms with Gasteiger partial charge in [0.25, 0.3) is 0 Å². The van der Waals surface area contributed by atoms with Crippen molar-refractivity contribution >= 4 is 10.9 Å². The molecule has 0 saturated carbocycles. The maximum Gasteiger partial charge on any atom is 0.211 e. The van der Waals surface area contributed by atoms with Gasteiger partial charge >= 0.3 is 0 Å². The number of aryl methyl sites for hydroxylation is 1. The monoisotopic (exact) mass is 285 g/mol. The molecule has 68 valence electrons. The molecule has 0 aliphatic rings. The van der Waals surface area contributed by atoms with E-state index in [1.165, 1.54) is 16.5 Å². The number of para-hydroxylation sites is 1. The van der Waals surface area contributed by atoms with Gasteiger partial charge in [-0.2, -0.15) is 0 Å². The van der Waals surface area contributed by atoms with E-state index in [1.54, 1.807) is 0 Å². The number of nitrogens with one attached hydrogen (secondary N) is 1. The number of hydrogen-bond acceptors (Lipinski definition) is 0. The number of rotatable bonds is 1. The summed E-state index contributed by atoms with van der Waals surface area (Å²) >= 11 is 0. The summed E-state index contributed by atoms with van der Waals surface area (Å²) in [5, 5.41) is 1.34. The number of pyridine rings is 1. The van der Waals surface area contributed by atoms with Gasteiger partial charge in [0.1, 0.15) is 0 Å². The average molecular weight is 285 g/mol. The van der Waals surface area contributed by atoms with Crippen LogP contribution in [0.3, 0.4) is 0 Å². The quantitative estimate of drug-likeness (QED) is 0.610. The zero-order valence-corrected chi connectivity index (χ0v) is 9.71. The number of benzene rings is 1. The first-order valence-corrected chi connectivity index (χ1v) is 4.30. The van der Waals surface area contributed by atoms with Crippen LogP contribution in [0.15, 0.2) is 36.5 Å².